The van der Waals surface area contributed by atoms with Crippen LogP contribution < -0.4 is 5.32 Å². The first kappa shape index (κ1) is 11.3. The molecule has 0 aliphatic carbocycles. The van der Waals surface area contributed by atoms with Gasteiger partial charge in [0.1, 0.15) is 0 Å². The molecule has 1 N–H and O–H groups in total. The Morgan fingerprint density at radius 1 is 1.23 bits per heavy atom. The molecule has 2 nitrogen and oxygen atoms in total. The Morgan fingerprint density at radius 3 is 2.69 bits per heavy atom. The topological polar surface area (TPSA) is 15.3 Å². The fourth-order valence-corrected chi connectivity index (χ4v) is 2.40. The summed E-state index contributed by atoms with van der Waals surface area (Å²) in [5.74, 6) is 2.68. The molecule has 0 spiro atoms. The molecule has 0 bridgehead atoms. The summed E-state index contributed by atoms with van der Waals surface area (Å²) < 4.78 is 0. The van der Waals surface area contributed by atoms with Gasteiger partial charge in [0.15, 0.2) is 0 Å². The first-order chi connectivity index (χ1) is 6.43. The van der Waals surface area contributed by atoms with Crippen molar-refractivity contribution in [2.45, 2.75) is 19.8 Å². The van der Waals surface area contributed by atoms with Crippen LogP contribution in [0.5, 0.6) is 0 Å². The monoisotopic (exact) mass is 202 g/mol. The maximum atomic E-state index is 3.38. The molecule has 1 rings (SSSR count). The van der Waals surface area contributed by atoms with Crippen molar-refractivity contribution in [1.29, 1.82) is 0 Å². The van der Waals surface area contributed by atoms with Gasteiger partial charge in [-0.25, -0.2) is 0 Å². The van der Waals surface area contributed by atoms with Crippen molar-refractivity contribution in [3.05, 3.63) is 0 Å². The van der Waals surface area contributed by atoms with E-state index in [1.165, 1.54) is 57.1 Å². The van der Waals surface area contributed by atoms with Gasteiger partial charge in [0.2, 0.25) is 0 Å². The molecule has 1 fully saturated rings. The first-order valence-corrected chi connectivity index (χ1v) is 6.59. The number of thioether (sulfide) groups is 1. The van der Waals surface area contributed by atoms with Crippen LogP contribution in [0.4, 0.5) is 0 Å². The van der Waals surface area contributed by atoms with Gasteiger partial charge in [-0.2, -0.15) is 11.8 Å². The number of hydrogen-bond acceptors (Lipinski definition) is 3. The fourth-order valence-electron chi connectivity index (χ4n) is 1.57. The lowest BCUT2D eigenvalue weighted by atomic mass is 10.3. The molecule has 0 radical (unpaired) electrons. The molecule has 1 heterocycles. The van der Waals surface area contributed by atoms with Gasteiger partial charge in [-0.05, 0) is 30.9 Å². The summed E-state index contributed by atoms with van der Waals surface area (Å²) in [5.41, 5.74) is 0. The molecule has 0 amide bonds. The zero-order valence-electron chi connectivity index (χ0n) is 8.72. The molecule has 78 valence electrons. The maximum absolute atomic E-state index is 3.38. The van der Waals surface area contributed by atoms with Crippen molar-refractivity contribution in [2.75, 3.05) is 44.2 Å². The normalized spacial score (nSPS) is 19.2. The van der Waals surface area contributed by atoms with E-state index in [1.807, 2.05) is 0 Å². The number of nitrogens with zero attached hydrogens (tertiary/aromatic N) is 1. The molecule has 1 saturated heterocycles. The van der Waals surface area contributed by atoms with Gasteiger partial charge in [0.25, 0.3) is 0 Å². The molecule has 0 aromatic heterocycles. The SMILES string of the molecule is CCCSCCCN1CCNCC1. The van der Waals surface area contributed by atoms with Gasteiger partial charge >= 0.3 is 0 Å². The highest BCUT2D eigenvalue weighted by Crippen LogP contribution is 2.05. The number of nitrogens with one attached hydrogen (secondary N) is 1. The van der Waals surface area contributed by atoms with E-state index in [4.69, 9.17) is 0 Å². The van der Waals surface area contributed by atoms with E-state index in [-0.39, 0.29) is 0 Å². The van der Waals surface area contributed by atoms with E-state index in [1.54, 1.807) is 0 Å². The molecule has 0 unspecified atom stereocenters. The van der Waals surface area contributed by atoms with Crippen molar-refractivity contribution in [2.24, 2.45) is 0 Å². The summed E-state index contributed by atoms with van der Waals surface area (Å²) in [7, 11) is 0. The Bertz CT molecular complexity index is 113. The van der Waals surface area contributed by atoms with E-state index in [0.717, 1.165) is 0 Å². The van der Waals surface area contributed by atoms with E-state index >= 15 is 0 Å². The predicted octanol–water partition coefficient (Wildman–Crippen LogP) is 1.42. The van der Waals surface area contributed by atoms with Crippen molar-refractivity contribution in [3.8, 4) is 0 Å². The molecular formula is C10H22N2S. The van der Waals surface area contributed by atoms with Crippen LogP contribution in [0, 0.1) is 0 Å². The third kappa shape index (κ3) is 5.55. The zero-order valence-corrected chi connectivity index (χ0v) is 9.54. The molecule has 0 aromatic carbocycles. The van der Waals surface area contributed by atoms with Crippen LogP contribution in [0.1, 0.15) is 19.8 Å². The van der Waals surface area contributed by atoms with Gasteiger partial charge in [0.05, 0.1) is 0 Å². The molecule has 0 saturated carbocycles. The Morgan fingerprint density at radius 2 is 2.00 bits per heavy atom. The number of rotatable bonds is 6. The number of hydrogen-bond donors (Lipinski definition) is 1. The van der Waals surface area contributed by atoms with E-state index in [0.29, 0.717) is 0 Å². The maximum Gasteiger partial charge on any atom is 0.0107 e. The van der Waals surface area contributed by atoms with Crippen molar-refractivity contribution in [3.63, 3.8) is 0 Å². The summed E-state index contributed by atoms with van der Waals surface area (Å²) in [6.45, 7) is 8.42. The molecule has 13 heavy (non-hydrogen) atoms. The average Bonchev–Trinajstić information content (AvgIpc) is 2.19. The Balaban J connectivity index is 1.86. The summed E-state index contributed by atoms with van der Waals surface area (Å²) in [5, 5.41) is 3.38. The highest BCUT2D eigenvalue weighted by atomic mass is 32.2. The molecule has 0 aromatic rings. The molecule has 0 atom stereocenters. The Labute approximate surface area is 86.5 Å². The molecule has 1 aliphatic rings. The minimum Gasteiger partial charge on any atom is -0.314 e. The highest BCUT2D eigenvalue weighted by molar-refractivity contribution is 7.99. The van der Waals surface area contributed by atoms with Crippen LogP contribution >= 0.6 is 11.8 Å². The molecular weight excluding hydrogens is 180 g/mol. The lowest BCUT2D eigenvalue weighted by Gasteiger charge is -2.26. The van der Waals surface area contributed by atoms with E-state index < -0.39 is 0 Å². The second-order valence-electron chi connectivity index (χ2n) is 3.56. The van der Waals surface area contributed by atoms with Crippen LogP contribution in [0.3, 0.4) is 0 Å². The standard InChI is InChI=1S/C10H22N2S/c1-2-9-13-10-3-6-12-7-4-11-5-8-12/h11H,2-10H2,1H3. The summed E-state index contributed by atoms with van der Waals surface area (Å²) in [6.07, 6.45) is 2.68. The summed E-state index contributed by atoms with van der Waals surface area (Å²) >= 11 is 2.10. The quantitative estimate of drug-likeness (QED) is 0.656. The number of piperazine rings is 1. The van der Waals surface area contributed by atoms with Crippen molar-refractivity contribution >= 4 is 11.8 Å². The second kappa shape index (κ2) is 7.65. The Kier molecular flexibility index (Phi) is 6.68. The smallest absolute Gasteiger partial charge is 0.0107 e. The van der Waals surface area contributed by atoms with Crippen LogP contribution in [0.2, 0.25) is 0 Å². The van der Waals surface area contributed by atoms with Crippen LogP contribution in [-0.4, -0.2) is 49.1 Å². The van der Waals surface area contributed by atoms with Gasteiger partial charge < -0.3 is 10.2 Å². The van der Waals surface area contributed by atoms with Gasteiger partial charge in [0, 0.05) is 26.2 Å². The van der Waals surface area contributed by atoms with Gasteiger partial charge in [-0.15, -0.1) is 0 Å². The third-order valence-electron chi connectivity index (χ3n) is 2.32. The Hall–Kier alpha value is 0.270. The lowest BCUT2D eigenvalue weighted by Crippen LogP contribution is -2.43. The molecule has 1 aliphatic heterocycles. The van der Waals surface area contributed by atoms with Crippen molar-refractivity contribution in [1.82, 2.24) is 10.2 Å². The fraction of sp³-hybridized carbons (Fsp3) is 1.00. The second-order valence-corrected chi connectivity index (χ2v) is 4.78. The van der Waals surface area contributed by atoms with Gasteiger partial charge in [-0.3, -0.25) is 0 Å². The van der Waals surface area contributed by atoms with Crippen molar-refractivity contribution < 1.29 is 0 Å². The first-order valence-electron chi connectivity index (χ1n) is 5.44. The van der Waals surface area contributed by atoms with E-state index in [2.05, 4.69) is 28.9 Å². The third-order valence-corrected chi connectivity index (χ3v) is 3.60. The van der Waals surface area contributed by atoms with Crippen LogP contribution in [0.25, 0.3) is 0 Å². The van der Waals surface area contributed by atoms with Crippen LogP contribution in [0.15, 0.2) is 0 Å². The predicted molar refractivity (Wildman–Crippen MR) is 61.5 cm³/mol. The minimum atomic E-state index is 1.18. The average molecular weight is 202 g/mol. The zero-order chi connectivity index (χ0) is 9.36. The van der Waals surface area contributed by atoms with E-state index in [9.17, 15) is 0 Å². The van der Waals surface area contributed by atoms with Gasteiger partial charge in [-0.1, -0.05) is 6.92 Å². The lowest BCUT2D eigenvalue weighted by molar-refractivity contribution is 0.242. The largest absolute Gasteiger partial charge is 0.314 e. The highest BCUT2D eigenvalue weighted by Gasteiger charge is 2.07. The minimum absolute atomic E-state index is 1.18. The van der Waals surface area contributed by atoms with Crippen LogP contribution in [-0.2, 0) is 0 Å². The summed E-state index contributed by atoms with van der Waals surface area (Å²) in [6, 6.07) is 0. The molecule has 3 heteroatoms. The summed E-state index contributed by atoms with van der Waals surface area (Å²) in [4.78, 5) is 2.57.